The highest BCUT2D eigenvalue weighted by atomic mass is 35.5. The Morgan fingerprint density at radius 2 is 1.96 bits per heavy atom. The Kier molecular flexibility index (Phi) is 5.89. The standard InChI is InChI=1S/C19H23ClN4O/c1-15(17-6-2-3-7-18(17)20)22-19(25)24-11-9-23(10-12-24)14-16-5-4-8-21-13-16/h2-8,13,15H,9-12,14H2,1H3,(H,22,25). The molecule has 1 aromatic heterocycles. The number of amides is 2. The van der Waals surface area contributed by atoms with E-state index in [-0.39, 0.29) is 12.1 Å². The van der Waals surface area contributed by atoms with Crippen molar-refractivity contribution in [1.29, 1.82) is 0 Å². The summed E-state index contributed by atoms with van der Waals surface area (Å²) < 4.78 is 0. The zero-order chi connectivity index (χ0) is 17.6. The quantitative estimate of drug-likeness (QED) is 0.912. The van der Waals surface area contributed by atoms with E-state index in [1.807, 2.05) is 48.4 Å². The van der Waals surface area contributed by atoms with Crippen molar-refractivity contribution in [2.24, 2.45) is 0 Å². The maximum Gasteiger partial charge on any atom is 0.317 e. The van der Waals surface area contributed by atoms with Crippen molar-refractivity contribution in [2.45, 2.75) is 19.5 Å². The average Bonchev–Trinajstić information content (AvgIpc) is 2.63. The second-order valence-corrected chi connectivity index (χ2v) is 6.72. The van der Waals surface area contributed by atoms with Gasteiger partial charge in [-0.15, -0.1) is 0 Å². The molecule has 1 fully saturated rings. The van der Waals surface area contributed by atoms with Crippen LogP contribution >= 0.6 is 11.6 Å². The minimum absolute atomic E-state index is 0.0338. The summed E-state index contributed by atoms with van der Waals surface area (Å²) >= 11 is 6.21. The highest BCUT2D eigenvalue weighted by Crippen LogP contribution is 2.22. The largest absolute Gasteiger partial charge is 0.331 e. The highest BCUT2D eigenvalue weighted by molar-refractivity contribution is 6.31. The van der Waals surface area contributed by atoms with Gasteiger partial charge in [-0.2, -0.15) is 0 Å². The van der Waals surface area contributed by atoms with Crippen LogP contribution in [0.1, 0.15) is 24.1 Å². The molecule has 0 bridgehead atoms. The number of pyridine rings is 1. The molecule has 1 unspecified atom stereocenters. The van der Waals surface area contributed by atoms with Crippen molar-refractivity contribution in [3.8, 4) is 0 Å². The lowest BCUT2D eigenvalue weighted by atomic mass is 10.1. The van der Waals surface area contributed by atoms with Crippen LogP contribution in [-0.2, 0) is 6.54 Å². The molecule has 2 amide bonds. The Bertz CT molecular complexity index is 702. The first-order valence-corrected chi connectivity index (χ1v) is 8.92. The molecule has 1 N–H and O–H groups in total. The number of hydrogen-bond donors (Lipinski definition) is 1. The van der Waals surface area contributed by atoms with Crippen molar-refractivity contribution in [1.82, 2.24) is 20.1 Å². The molecule has 6 heteroatoms. The van der Waals surface area contributed by atoms with Crippen molar-refractivity contribution in [3.63, 3.8) is 0 Å². The van der Waals surface area contributed by atoms with Gasteiger partial charge in [-0.25, -0.2) is 4.79 Å². The zero-order valence-corrected chi connectivity index (χ0v) is 15.1. The van der Waals surface area contributed by atoms with E-state index in [0.29, 0.717) is 5.02 Å². The number of nitrogens with zero attached hydrogens (tertiary/aromatic N) is 3. The lowest BCUT2D eigenvalue weighted by Crippen LogP contribution is -2.51. The summed E-state index contributed by atoms with van der Waals surface area (Å²) in [5, 5.41) is 3.72. The summed E-state index contributed by atoms with van der Waals surface area (Å²) in [5.74, 6) is 0. The predicted molar refractivity (Wildman–Crippen MR) is 99.5 cm³/mol. The Morgan fingerprint density at radius 3 is 2.64 bits per heavy atom. The number of urea groups is 1. The van der Waals surface area contributed by atoms with Crippen molar-refractivity contribution < 1.29 is 4.79 Å². The number of hydrogen-bond acceptors (Lipinski definition) is 3. The van der Waals surface area contributed by atoms with E-state index in [1.54, 1.807) is 6.20 Å². The molecular formula is C19H23ClN4O. The van der Waals surface area contributed by atoms with E-state index in [1.165, 1.54) is 5.56 Å². The van der Waals surface area contributed by atoms with Gasteiger partial charge in [-0.1, -0.05) is 35.9 Å². The van der Waals surface area contributed by atoms with Gasteiger partial charge in [0.2, 0.25) is 0 Å². The number of piperazine rings is 1. The molecule has 1 aliphatic heterocycles. The second-order valence-electron chi connectivity index (χ2n) is 6.32. The molecule has 2 aromatic rings. The van der Waals surface area contributed by atoms with E-state index in [9.17, 15) is 4.79 Å². The number of carbonyl (C=O) groups is 1. The van der Waals surface area contributed by atoms with E-state index in [2.05, 4.69) is 21.3 Å². The van der Waals surface area contributed by atoms with E-state index in [4.69, 9.17) is 11.6 Å². The molecule has 3 rings (SSSR count). The highest BCUT2D eigenvalue weighted by Gasteiger charge is 2.22. The van der Waals surface area contributed by atoms with E-state index in [0.717, 1.165) is 38.3 Å². The van der Waals surface area contributed by atoms with Crippen LogP contribution in [0.2, 0.25) is 5.02 Å². The molecule has 2 heterocycles. The van der Waals surface area contributed by atoms with Crippen LogP contribution in [0.5, 0.6) is 0 Å². The molecule has 1 atom stereocenters. The number of rotatable bonds is 4. The van der Waals surface area contributed by atoms with Gasteiger partial charge in [0.05, 0.1) is 6.04 Å². The SMILES string of the molecule is CC(NC(=O)N1CCN(Cc2cccnc2)CC1)c1ccccc1Cl. The van der Waals surface area contributed by atoms with Gasteiger partial charge in [0.15, 0.2) is 0 Å². The first-order chi connectivity index (χ1) is 12.1. The van der Waals surface area contributed by atoms with E-state index >= 15 is 0 Å². The van der Waals surface area contributed by atoms with Crippen LogP contribution in [0, 0.1) is 0 Å². The fourth-order valence-corrected chi connectivity index (χ4v) is 3.34. The fourth-order valence-electron chi connectivity index (χ4n) is 3.04. The van der Waals surface area contributed by atoms with Gasteiger partial charge in [0, 0.05) is 50.1 Å². The lowest BCUT2D eigenvalue weighted by Gasteiger charge is -2.35. The first-order valence-electron chi connectivity index (χ1n) is 8.54. The Hall–Kier alpha value is -2.11. The Labute approximate surface area is 153 Å². The van der Waals surface area contributed by atoms with Gasteiger partial charge in [-0.05, 0) is 30.2 Å². The van der Waals surface area contributed by atoms with Crippen LogP contribution < -0.4 is 5.32 Å². The molecule has 25 heavy (non-hydrogen) atoms. The maximum absolute atomic E-state index is 12.5. The third kappa shape index (κ3) is 4.71. The molecule has 0 saturated carbocycles. The molecule has 5 nitrogen and oxygen atoms in total. The van der Waals surface area contributed by atoms with Gasteiger partial charge < -0.3 is 10.2 Å². The van der Waals surface area contributed by atoms with E-state index < -0.39 is 0 Å². The maximum atomic E-state index is 12.5. The normalized spacial score (nSPS) is 16.5. The van der Waals surface area contributed by atoms with Gasteiger partial charge in [-0.3, -0.25) is 9.88 Å². The topological polar surface area (TPSA) is 48.5 Å². The van der Waals surface area contributed by atoms with Crippen LogP contribution in [-0.4, -0.2) is 47.0 Å². The lowest BCUT2D eigenvalue weighted by molar-refractivity contribution is 0.133. The molecule has 1 saturated heterocycles. The molecular weight excluding hydrogens is 336 g/mol. The molecule has 0 spiro atoms. The zero-order valence-electron chi connectivity index (χ0n) is 14.4. The minimum Gasteiger partial charge on any atom is -0.331 e. The summed E-state index contributed by atoms with van der Waals surface area (Å²) in [7, 11) is 0. The molecule has 132 valence electrons. The number of carbonyl (C=O) groups excluding carboxylic acids is 1. The molecule has 1 aromatic carbocycles. The van der Waals surface area contributed by atoms with Crippen LogP contribution in [0.15, 0.2) is 48.8 Å². The summed E-state index contributed by atoms with van der Waals surface area (Å²) in [6.07, 6.45) is 3.68. The number of halogens is 1. The van der Waals surface area contributed by atoms with Crippen LogP contribution in [0.3, 0.4) is 0 Å². The molecule has 0 aliphatic carbocycles. The Morgan fingerprint density at radius 1 is 1.20 bits per heavy atom. The van der Waals surface area contributed by atoms with Gasteiger partial charge in [0.25, 0.3) is 0 Å². The van der Waals surface area contributed by atoms with Crippen LogP contribution in [0.25, 0.3) is 0 Å². The summed E-state index contributed by atoms with van der Waals surface area (Å²) in [6, 6.07) is 11.5. The summed E-state index contributed by atoms with van der Waals surface area (Å²) in [5.41, 5.74) is 2.14. The fraction of sp³-hybridized carbons (Fsp3) is 0.368. The smallest absolute Gasteiger partial charge is 0.317 e. The summed E-state index contributed by atoms with van der Waals surface area (Å²) in [6.45, 7) is 6.01. The summed E-state index contributed by atoms with van der Waals surface area (Å²) in [4.78, 5) is 20.9. The monoisotopic (exact) mass is 358 g/mol. The third-order valence-corrected chi connectivity index (χ3v) is 4.84. The molecule has 0 radical (unpaired) electrons. The number of benzene rings is 1. The number of aromatic nitrogens is 1. The predicted octanol–water partition coefficient (Wildman–Crippen LogP) is 3.32. The molecule has 1 aliphatic rings. The number of nitrogens with one attached hydrogen (secondary N) is 1. The van der Waals surface area contributed by atoms with Crippen molar-refractivity contribution >= 4 is 17.6 Å². The van der Waals surface area contributed by atoms with Crippen molar-refractivity contribution in [3.05, 3.63) is 64.9 Å². The van der Waals surface area contributed by atoms with Gasteiger partial charge >= 0.3 is 6.03 Å². The minimum atomic E-state index is -0.116. The van der Waals surface area contributed by atoms with Crippen molar-refractivity contribution in [2.75, 3.05) is 26.2 Å². The Balaban J connectivity index is 1.49. The van der Waals surface area contributed by atoms with Crippen LogP contribution in [0.4, 0.5) is 4.79 Å². The third-order valence-electron chi connectivity index (χ3n) is 4.50. The second kappa shape index (κ2) is 8.32. The average molecular weight is 359 g/mol. The van der Waals surface area contributed by atoms with Gasteiger partial charge in [0.1, 0.15) is 0 Å². The first kappa shape index (κ1) is 17.7.